The quantitative estimate of drug-likeness (QED) is 0.865. The zero-order valence-corrected chi connectivity index (χ0v) is 13.9. The molecule has 0 spiro atoms. The summed E-state index contributed by atoms with van der Waals surface area (Å²) in [5.41, 5.74) is 4.70. The zero-order chi connectivity index (χ0) is 16.2. The van der Waals surface area contributed by atoms with Gasteiger partial charge in [0, 0.05) is 41.7 Å². The number of hydrogen-bond donors (Lipinski definition) is 1. The molecule has 0 aliphatic carbocycles. The van der Waals surface area contributed by atoms with E-state index in [-0.39, 0.29) is 23.3 Å². The Kier molecular flexibility index (Phi) is 3.27. The lowest BCUT2D eigenvalue weighted by Gasteiger charge is -2.29. The van der Waals surface area contributed by atoms with Gasteiger partial charge in [0.2, 0.25) is 5.91 Å². The van der Waals surface area contributed by atoms with E-state index in [2.05, 4.69) is 30.1 Å². The van der Waals surface area contributed by atoms with Crippen molar-refractivity contribution >= 4 is 26.6 Å². The van der Waals surface area contributed by atoms with Crippen molar-refractivity contribution in [2.45, 2.75) is 26.3 Å². The minimum Gasteiger partial charge on any atom is -0.358 e. The monoisotopic (exact) mass is 332 g/mol. The summed E-state index contributed by atoms with van der Waals surface area (Å²) in [6.07, 6.45) is 1.27. The molecule has 1 fully saturated rings. The fourth-order valence-corrected chi connectivity index (χ4v) is 5.50. The van der Waals surface area contributed by atoms with Crippen LogP contribution < -0.4 is 0 Å². The van der Waals surface area contributed by atoms with E-state index < -0.39 is 9.84 Å². The first kappa shape index (κ1) is 14.8. The number of H-pyrrole nitrogens is 1. The first-order valence-corrected chi connectivity index (χ1v) is 9.84. The van der Waals surface area contributed by atoms with Gasteiger partial charge in [0.05, 0.1) is 17.4 Å². The van der Waals surface area contributed by atoms with Gasteiger partial charge in [0.15, 0.2) is 9.84 Å². The number of rotatable bonds is 1. The average Bonchev–Trinajstić information content (AvgIpc) is 3.06. The average molecular weight is 332 g/mol. The maximum atomic E-state index is 12.7. The van der Waals surface area contributed by atoms with Gasteiger partial charge in [-0.25, -0.2) is 8.42 Å². The smallest absolute Gasteiger partial charge is 0.227 e. The van der Waals surface area contributed by atoms with E-state index in [4.69, 9.17) is 0 Å². The molecule has 23 heavy (non-hydrogen) atoms. The van der Waals surface area contributed by atoms with Crippen LogP contribution in [0.3, 0.4) is 0 Å². The highest BCUT2D eigenvalue weighted by molar-refractivity contribution is 7.91. The molecule has 2 aromatic rings. The number of carbonyl (C=O) groups excluding carboxylic acids is 1. The van der Waals surface area contributed by atoms with Crippen molar-refractivity contribution in [2.75, 3.05) is 18.1 Å². The Morgan fingerprint density at radius 2 is 2.17 bits per heavy atom. The maximum absolute atomic E-state index is 12.7. The summed E-state index contributed by atoms with van der Waals surface area (Å²) in [7, 11) is -3.02. The highest BCUT2D eigenvalue weighted by atomic mass is 32.2. The number of nitrogens with zero attached hydrogens (tertiary/aromatic N) is 1. The van der Waals surface area contributed by atoms with Gasteiger partial charge in [0.25, 0.3) is 0 Å². The fourth-order valence-electron chi connectivity index (χ4n) is 3.76. The van der Waals surface area contributed by atoms with E-state index in [1.165, 1.54) is 22.2 Å². The Hall–Kier alpha value is -1.82. The van der Waals surface area contributed by atoms with Crippen LogP contribution in [0.5, 0.6) is 0 Å². The number of fused-ring (bicyclic) bond motifs is 3. The lowest BCUT2D eigenvalue weighted by molar-refractivity contribution is -0.135. The molecule has 1 aromatic carbocycles. The first-order chi connectivity index (χ1) is 10.9. The molecule has 122 valence electrons. The fraction of sp³-hybridized carbons (Fsp3) is 0.471. The molecule has 6 heteroatoms. The first-order valence-electron chi connectivity index (χ1n) is 8.02. The van der Waals surface area contributed by atoms with Gasteiger partial charge in [-0.05, 0) is 25.5 Å². The molecule has 0 bridgehead atoms. The number of hydrogen-bond acceptors (Lipinski definition) is 3. The van der Waals surface area contributed by atoms with Crippen LogP contribution in [0.4, 0.5) is 0 Å². The van der Waals surface area contributed by atoms with E-state index in [0.717, 1.165) is 11.9 Å². The molecule has 4 rings (SSSR count). The van der Waals surface area contributed by atoms with Gasteiger partial charge in [-0.15, -0.1) is 0 Å². The van der Waals surface area contributed by atoms with Gasteiger partial charge >= 0.3 is 0 Å². The molecule has 3 heterocycles. The molecule has 0 saturated carbocycles. The minimum atomic E-state index is -3.02. The lowest BCUT2D eigenvalue weighted by atomic mass is 10.0. The number of aromatic nitrogens is 1. The standard InChI is InChI=1S/C17H20N2O3S/c1-11-2-3-15-13(8-11)14-9-19(6-4-16(14)18-15)17(20)12-5-7-23(21,22)10-12/h2-3,8,12,18H,4-7,9-10H2,1H3/t12-/m1/s1. The number of aromatic amines is 1. The van der Waals surface area contributed by atoms with E-state index >= 15 is 0 Å². The Morgan fingerprint density at radius 1 is 1.35 bits per heavy atom. The zero-order valence-electron chi connectivity index (χ0n) is 13.1. The number of carbonyl (C=O) groups is 1. The van der Waals surface area contributed by atoms with E-state index in [1.807, 2.05) is 4.90 Å². The van der Waals surface area contributed by atoms with Gasteiger partial charge in [-0.1, -0.05) is 11.6 Å². The van der Waals surface area contributed by atoms with Crippen LogP contribution in [0, 0.1) is 12.8 Å². The summed E-state index contributed by atoms with van der Waals surface area (Å²) >= 11 is 0. The third kappa shape index (κ3) is 2.55. The molecule has 0 radical (unpaired) electrons. The van der Waals surface area contributed by atoms with Crippen LogP contribution in [0.1, 0.15) is 23.2 Å². The van der Waals surface area contributed by atoms with Gasteiger partial charge in [-0.2, -0.15) is 0 Å². The van der Waals surface area contributed by atoms with Crippen molar-refractivity contribution in [1.82, 2.24) is 9.88 Å². The van der Waals surface area contributed by atoms with Gasteiger partial charge < -0.3 is 9.88 Å². The second-order valence-corrected chi connectivity index (χ2v) is 8.97. The molecule has 5 nitrogen and oxygen atoms in total. The molecule has 1 atom stereocenters. The number of aryl methyl sites for hydroxylation is 1. The Bertz CT molecular complexity index is 898. The van der Waals surface area contributed by atoms with E-state index in [9.17, 15) is 13.2 Å². The van der Waals surface area contributed by atoms with Crippen LogP contribution in [-0.2, 0) is 27.6 Å². The predicted octanol–water partition coefficient (Wildman–Crippen LogP) is 1.80. The van der Waals surface area contributed by atoms with Crippen LogP contribution in [0.15, 0.2) is 18.2 Å². The number of nitrogens with one attached hydrogen (secondary N) is 1. The lowest BCUT2D eigenvalue weighted by Crippen LogP contribution is -2.40. The Balaban J connectivity index is 1.62. The van der Waals surface area contributed by atoms with Crippen molar-refractivity contribution in [1.29, 1.82) is 0 Å². The van der Waals surface area contributed by atoms with Crippen molar-refractivity contribution < 1.29 is 13.2 Å². The SMILES string of the molecule is Cc1ccc2[nH]c3c(c2c1)CN(C(=O)[C@@H]1CCS(=O)(=O)C1)CC3. The summed E-state index contributed by atoms with van der Waals surface area (Å²) in [5.74, 6) is -0.191. The number of benzene rings is 1. The number of amides is 1. The van der Waals surface area contributed by atoms with E-state index in [1.54, 1.807) is 0 Å². The van der Waals surface area contributed by atoms with Crippen LogP contribution in [-0.4, -0.2) is 42.3 Å². The third-order valence-corrected chi connectivity index (χ3v) is 6.79. The highest BCUT2D eigenvalue weighted by Gasteiger charge is 2.36. The van der Waals surface area contributed by atoms with Crippen molar-refractivity contribution in [2.24, 2.45) is 5.92 Å². The minimum absolute atomic E-state index is 0.00118. The highest BCUT2D eigenvalue weighted by Crippen LogP contribution is 2.30. The van der Waals surface area contributed by atoms with Crippen molar-refractivity contribution in [3.05, 3.63) is 35.0 Å². The molecule has 2 aliphatic heterocycles. The summed E-state index contributed by atoms with van der Waals surface area (Å²) in [4.78, 5) is 18.0. The molecule has 1 amide bonds. The molecular formula is C17H20N2O3S. The molecule has 1 aromatic heterocycles. The second kappa shape index (κ2) is 5.09. The maximum Gasteiger partial charge on any atom is 0.227 e. The van der Waals surface area contributed by atoms with Gasteiger partial charge in [-0.3, -0.25) is 4.79 Å². The van der Waals surface area contributed by atoms with Crippen LogP contribution >= 0.6 is 0 Å². The summed E-state index contributed by atoms with van der Waals surface area (Å²) in [5, 5.41) is 1.18. The molecule has 1 N–H and O–H groups in total. The predicted molar refractivity (Wildman–Crippen MR) is 88.9 cm³/mol. The second-order valence-electron chi connectivity index (χ2n) is 6.74. The largest absolute Gasteiger partial charge is 0.358 e. The van der Waals surface area contributed by atoms with E-state index in [0.29, 0.717) is 19.5 Å². The molecular weight excluding hydrogens is 312 g/mol. The summed E-state index contributed by atoms with van der Waals surface area (Å²) < 4.78 is 23.2. The van der Waals surface area contributed by atoms with Crippen LogP contribution in [0.2, 0.25) is 0 Å². The van der Waals surface area contributed by atoms with Crippen LogP contribution in [0.25, 0.3) is 10.9 Å². The molecule has 1 saturated heterocycles. The topological polar surface area (TPSA) is 70.2 Å². The Labute approximate surface area is 135 Å². The van der Waals surface area contributed by atoms with Crippen molar-refractivity contribution in [3.63, 3.8) is 0 Å². The van der Waals surface area contributed by atoms with Crippen molar-refractivity contribution in [3.8, 4) is 0 Å². The molecule has 2 aliphatic rings. The Morgan fingerprint density at radius 3 is 2.91 bits per heavy atom. The normalized spacial score (nSPS) is 23.2. The number of sulfone groups is 1. The summed E-state index contributed by atoms with van der Waals surface area (Å²) in [6, 6.07) is 6.31. The molecule has 0 unspecified atom stereocenters. The summed E-state index contributed by atoms with van der Waals surface area (Å²) in [6.45, 7) is 3.30. The third-order valence-electron chi connectivity index (χ3n) is 5.02. The van der Waals surface area contributed by atoms with Gasteiger partial charge in [0.1, 0.15) is 0 Å².